The topological polar surface area (TPSA) is 81.2 Å². The van der Waals surface area contributed by atoms with Crippen LogP contribution in [-0.4, -0.2) is 15.9 Å². The maximum atomic E-state index is 13.5. The molecule has 0 aliphatic carbocycles. The molecule has 0 aliphatic rings. The molecule has 0 bridgehead atoms. The highest BCUT2D eigenvalue weighted by Crippen LogP contribution is 2.30. The van der Waals surface area contributed by atoms with E-state index in [9.17, 15) is 9.18 Å². The van der Waals surface area contributed by atoms with Gasteiger partial charge in [-0.15, -0.1) is 0 Å². The number of furan rings is 1. The highest BCUT2D eigenvalue weighted by Gasteiger charge is 2.17. The maximum absolute atomic E-state index is 13.5. The monoisotopic (exact) mass is 413 g/mol. The Kier molecular flexibility index (Phi) is 4.55. The molecule has 152 valence electrons. The minimum absolute atomic E-state index is 0.120. The number of carbonyl (C=O) groups excluding carboxylic acids is 1. The number of halogens is 1. The molecule has 1 amide bonds. The van der Waals surface area contributed by atoms with E-state index in [0.29, 0.717) is 34.1 Å². The van der Waals surface area contributed by atoms with Crippen LogP contribution in [0.15, 0.2) is 81.8 Å². The van der Waals surface area contributed by atoms with E-state index in [1.807, 2.05) is 13.0 Å². The maximum Gasteiger partial charge on any atom is 0.291 e. The van der Waals surface area contributed by atoms with Crippen LogP contribution in [0.2, 0.25) is 0 Å². The van der Waals surface area contributed by atoms with Gasteiger partial charge in [0.15, 0.2) is 17.0 Å². The largest absolute Gasteiger partial charge is 0.451 e. The van der Waals surface area contributed by atoms with E-state index in [-0.39, 0.29) is 11.6 Å². The van der Waals surface area contributed by atoms with Crippen LogP contribution in [0.3, 0.4) is 0 Å². The Balaban J connectivity index is 1.41. The van der Waals surface area contributed by atoms with Gasteiger partial charge >= 0.3 is 0 Å². The van der Waals surface area contributed by atoms with E-state index in [2.05, 4.69) is 15.3 Å². The molecule has 0 saturated carbocycles. The molecule has 0 fully saturated rings. The molecule has 6 nitrogen and oxygen atoms in total. The molecule has 3 aromatic heterocycles. The molecular formula is C24H16FN3O3. The third-order valence-corrected chi connectivity index (χ3v) is 4.92. The smallest absolute Gasteiger partial charge is 0.291 e. The van der Waals surface area contributed by atoms with E-state index in [0.717, 1.165) is 11.1 Å². The van der Waals surface area contributed by atoms with Crippen LogP contribution >= 0.6 is 0 Å². The van der Waals surface area contributed by atoms with Gasteiger partial charge in [-0.1, -0.05) is 18.2 Å². The predicted molar refractivity (Wildman–Crippen MR) is 114 cm³/mol. The first-order valence-electron chi connectivity index (χ1n) is 9.57. The Labute approximate surface area is 176 Å². The van der Waals surface area contributed by atoms with Gasteiger partial charge < -0.3 is 14.2 Å². The summed E-state index contributed by atoms with van der Waals surface area (Å²) in [5.74, 6) is 0.168. The summed E-state index contributed by atoms with van der Waals surface area (Å²) < 4.78 is 24.9. The average molecular weight is 413 g/mol. The van der Waals surface area contributed by atoms with Crippen molar-refractivity contribution in [1.29, 1.82) is 0 Å². The molecule has 7 heteroatoms. The van der Waals surface area contributed by atoms with Crippen LogP contribution in [0.4, 0.5) is 10.1 Å². The van der Waals surface area contributed by atoms with Crippen LogP contribution in [0.25, 0.3) is 34.0 Å². The fourth-order valence-corrected chi connectivity index (χ4v) is 3.33. The van der Waals surface area contributed by atoms with Crippen molar-refractivity contribution < 1.29 is 18.0 Å². The molecule has 5 rings (SSSR count). The lowest BCUT2D eigenvalue weighted by molar-refractivity contribution is 0.0997. The molecule has 0 radical (unpaired) electrons. The molecule has 0 aliphatic heterocycles. The number of hydrogen-bond acceptors (Lipinski definition) is 5. The number of hydrogen-bond donors (Lipinski definition) is 1. The van der Waals surface area contributed by atoms with Crippen molar-refractivity contribution in [2.24, 2.45) is 0 Å². The second-order valence-corrected chi connectivity index (χ2v) is 6.95. The lowest BCUT2D eigenvalue weighted by atomic mass is 10.1. The zero-order chi connectivity index (χ0) is 21.4. The van der Waals surface area contributed by atoms with Crippen molar-refractivity contribution in [3.63, 3.8) is 0 Å². The Hall–Kier alpha value is -4.26. The van der Waals surface area contributed by atoms with Crippen molar-refractivity contribution in [3.8, 4) is 22.8 Å². The standard InChI is InChI=1S/C24H16FN3O3/c1-14-17(24-28-22-20(31-24)9-4-12-26-22)7-3-8-18(14)27-23(29)21-11-10-19(30-21)15-5-2-6-16(25)13-15/h2-13H,1H3,(H,27,29). The average Bonchev–Trinajstić information content (AvgIpc) is 3.42. The van der Waals surface area contributed by atoms with Gasteiger partial charge in [-0.3, -0.25) is 4.79 Å². The lowest BCUT2D eigenvalue weighted by Crippen LogP contribution is -2.12. The minimum atomic E-state index is -0.415. The second-order valence-electron chi connectivity index (χ2n) is 6.95. The third kappa shape index (κ3) is 3.57. The number of amides is 1. The molecule has 0 atom stereocenters. The molecular weight excluding hydrogens is 397 g/mol. The van der Waals surface area contributed by atoms with Crippen LogP contribution in [0, 0.1) is 12.7 Å². The van der Waals surface area contributed by atoms with Crippen LogP contribution in [-0.2, 0) is 0 Å². The number of nitrogens with zero attached hydrogens (tertiary/aromatic N) is 2. The number of oxazole rings is 1. The van der Waals surface area contributed by atoms with Gasteiger partial charge in [-0.05, 0) is 61.0 Å². The summed E-state index contributed by atoms with van der Waals surface area (Å²) >= 11 is 0. The summed E-state index contributed by atoms with van der Waals surface area (Å²) in [5.41, 5.74) is 3.80. The van der Waals surface area contributed by atoms with Gasteiger partial charge in [-0.25, -0.2) is 9.37 Å². The molecule has 1 N–H and O–H groups in total. The number of fused-ring (bicyclic) bond motifs is 1. The molecule has 2 aromatic carbocycles. The van der Waals surface area contributed by atoms with E-state index in [4.69, 9.17) is 8.83 Å². The first kappa shape index (κ1) is 18.7. The number of rotatable bonds is 4. The molecule has 3 heterocycles. The van der Waals surface area contributed by atoms with Crippen molar-refractivity contribution in [1.82, 2.24) is 9.97 Å². The molecule has 0 spiro atoms. The third-order valence-electron chi connectivity index (χ3n) is 4.92. The highest BCUT2D eigenvalue weighted by molar-refractivity contribution is 6.03. The van der Waals surface area contributed by atoms with E-state index < -0.39 is 5.91 Å². The van der Waals surface area contributed by atoms with Gasteiger partial charge in [0.2, 0.25) is 5.89 Å². The number of pyridine rings is 1. The molecule has 0 unspecified atom stereocenters. The SMILES string of the molecule is Cc1c(NC(=O)c2ccc(-c3cccc(F)c3)o2)cccc1-c1nc2ncccc2o1. The lowest BCUT2D eigenvalue weighted by Gasteiger charge is -2.10. The summed E-state index contributed by atoms with van der Waals surface area (Å²) in [5, 5.41) is 2.85. The minimum Gasteiger partial charge on any atom is -0.451 e. The Bertz CT molecular complexity index is 1390. The fourth-order valence-electron chi connectivity index (χ4n) is 3.33. The highest BCUT2D eigenvalue weighted by atomic mass is 19.1. The zero-order valence-corrected chi connectivity index (χ0v) is 16.4. The number of aromatic nitrogens is 2. The second kappa shape index (κ2) is 7.53. The van der Waals surface area contributed by atoms with Crippen LogP contribution < -0.4 is 5.32 Å². The number of nitrogens with one attached hydrogen (secondary N) is 1. The predicted octanol–water partition coefficient (Wildman–Crippen LogP) is 5.85. The van der Waals surface area contributed by atoms with Gasteiger partial charge in [0.1, 0.15) is 11.6 Å². The van der Waals surface area contributed by atoms with Gasteiger partial charge in [0.05, 0.1) is 0 Å². The fraction of sp³-hybridized carbons (Fsp3) is 0.0417. The van der Waals surface area contributed by atoms with E-state index >= 15 is 0 Å². The summed E-state index contributed by atoms with van der Waals surface area (Å²) in [7, 11) is 0. The summed E-state index contributed by atoms with van der Waals surface area (Å²) in [6, 6.07) is 18.2. The number of benzene rings is 2. The van der Waals surface area contributed by atoms with E-state index in [1.165, 1.54) is 12.1 Å². The van der Waals surface area contributed by atoms with Crippen LogP contribution in [0.5, 0.6) is 0 Å². The van der Waals surface area contributed by atoms with Gasteiger partial charge in [0.25, 0.3) is 5.91 Å². The van der Waals surface area contributed by atoms with Crippen molar-refractivity contribution in [2.45, 2.75) is 6.92 Å². The first-order valence-corrected chi connectivity index (χ1v) is 9.57. The van der Waals surface area contributed by atoms with Gasteiger partial charge in [-0.2, -0.15) is 4.98 Å². The number of carbonyl (C=O) groups is 1. The Morgan fingerprint density at radius 2 is 1.87 bits per heavy atom. The quantitative estimate of drug-likeness (QED) is 0.400. The number of anilines is 1. The van der Waals surface area contributed by atoms with Gasteiger partial charge in [0, 0.05) is 23.0 Å². The Morgan fingerprint density at radius 1 is 1.00 bits per heavy atom. The first-order chi connectivity index (χ1) is 15.1. The van der Waals surface area contributed by atoms with E-state index in [1.54, 1.807) is 54.7 Å². The summed E-state index contributed by atoms with van der Waals surface area (Å²) in [6.45, 7) is 1.87. The zero-order valence-electron chi connectivity index (χ0n) is 16.4. The molecule has 5 aromatic rings. The normalized spacial score (nSPS) is 11.0. The summed E-state index contributed by atoms with van der Waals surface area (Å²) in [4.78, 5) is 21.4. The summed E-state index contributed by atoms with van der Waals surface area (Å²) in [6.07, 6.45) is 1.65. The van der Waals surface area contributed by atoms with Crippen LogP contribution in [0.1, 0.15) is 16.1 Å². The van der Waals surface area contributed by atoms with Crippen molar-refractivity contribution in [3.05, 3.63) is 90.1 Å². The molecule has 31 heavy (non-hydrogen) atoms. The Morgan fingerprint density at radius 3 is 2.71 bits per heavy atom. The van der Waals surface area contributed by atoms with Crippen molar-refractivity contribution >= 4 is 22.8 Å². The van der Waals surface area contributed by atoms with Crippen molar-refractivity contribution in [2.75, 3.05) is 5.32 Å². The molecule has 0 saturated heterocycles.